The minimum absolute atomic E-state index is 0.0501. The Bertz CT molecular complexity index is 983. The summed E-state index contributed by atoms with van der Waals surface area (Å²) in [6.45, 7) is -2.95. The van der Waals surface area contributed by atoms with E-state index in [9.17, 15) is 13.6 Å². The van der Waals surface area contributed by atoms with Crippen LogP contribution in [-0.2, 0) is 4.79 Å². The molecule has 0 bridgehead atoms. The number of allylic oxidation sites excluding steroid dienone is 1. The number of alkyl halides is 2. The second-order valence-corrected chi connectivity index (χ2v) is 6.87. The lowest BCUT2D eigenvalue weighted by Crippen LogP contribution is -2.03. The molecule has 0 saturated heterocycles. The SMILES string of the molecule is COc1cc(/C=C(\CCC(=O)O)c2nc3ccccc3s2)ccc1OC(F)F. The van der Waals surface area contributed by atoms with E-state index in [-0.39, 0.29) is 24.3 Å². The van der Waals surface area contributed by atoms with E-state index in [4.69, 9.17) is 9.84 Å². The van der Waals surface area contributed by atoms with Gasteiger partial charge in [-0.2, -0.15) is 8.78 Å². The molecule has 0 saturated carbocycles. The van der Waals surface area contributed by atoms with Gasteiger partial charge in [-0.25, -0.2) is 4.98 Å². The van der Waals surface area contributed by atoms with Crippen LogP contribution in [0, 0.1) is 0 Å². The maximum absolute atomic E-state index is 12.5. The number of thiazole rings is 1. The van der Waals surface area contributed by atoms with E-state index < -0.39 is 12.6 Å². The standard InChI is InChI=1S/C20H17F2NO4S/c1-26-16-11-12(6-8-15(16)27-20(21)22)10-13(7-9-18(24)25)19-23-14-4-2-3-5-17(14)28-19/h2-6,8,10-11,20H,7,9H2,1H3,(H,24,25)/b13-10+. The lowest BCUT2D eigenvalue weighted by atomic mass is 10.1. The summed E-state index contributed by atoms with van der Waals surface area (Å²) in [5.74, 6) is -0.817. The molecule has 146 valence electrons. The van der Waals surface area contributed by atoms with Crippen molar-refractivity contribution in [2.75, 3.05) is 7.11 Å². The molecule has 8 heteroatoms. The molecule has 0 atom stereocenters. The van der Waals surface area contributed by atoms with Gasteiger partial charge in [-0.1, -0.05) is 18.2 Å². The van der Waals surface area contributed by atoms with Crippen LogP contribution in [-0.4, -0.2) is 29.8 Å². The molecule has 0 spiro atoms. The molecular formula is C20H17F2NO4S. The molecule has 0 amide bonds. The number of benzene rings is 2. The topological polar surface area (TPSA) is 68.7 Å². The van der Waals surface area contributed by atoms with Crippen molar-refractivity contribution >= 4 is 39.2 Å². The summed E-state index contributed by atoms with van der Waals surface area (Å²) in [4.78, 5) is 15.6. The summed E-state index contributed by atoms with van der Waals surface area (Å²) in [6, 6.07) is 12.2. The number of fused-ring (bicyclic) bond motifs is 1. The number of hydrogen-bond acceptors (Lipinski definition) is 5. The molecule has 2 aromatic carbocycles. The fraction of sp³-hybridized carbons (Fsp3) is 0.200. The number of carboxylic acid groups (broad SMARTS) is 1. The fourth-order valence-corrected chi connectivity index (χ4v) is 3.67. The van der Waals surface area contributed by atoms with Crippen molar-refractivity contribution in [3.8, 4) is 11.5 Å². The Labute approximate surface area is 163 Å². The van der Waals surface area contributed by atoms with Crippen LogP contribution >= 0.6 is 11.3 Å². The van der Waals surface area contributed by atoms with Gasteiger partial charge in [0.15, 0.2) is 11.5 Å². The lowest BCUT2D eigenvalue weighted by Gasteiger charge is -2.11. The Morgan fingerprint density at radius 2 is 2.00 bits per heavy atom. The molecule has 3 aromatic rings. The molecule has 1 heterocycles. The van der Waals surface area contributed by atoms with Gasteiger partial charge in [-0.3, -0.25) is 4.79 Å². The van der Waals surface area contributed by atoms with Crippen LogP contribution in [0.2, 0.25) is 0 Å². The highest BCUT2D eigenvalue weighted by Crippen LogP contribution is 2.34. The third-order valence-corrected chi connectivity index (χ3v) is 5.03. The van der Waals surface area contributed by atoms with Gasteiger partial charge in [0.25, 0.3) is 0 Å². The van der Waals surface area contributed by atoms with Gasteiger partial charge in [0.2, 0.25) is 0 Å². The first kappa shape index (κ1) is 19.8. The van der Waals surface area contributed by atoms with Gasteiger partial charge in [0.1, 0.15) is 5.01 Å². The number of carboxylic acids is 1. The summed E-state index contributed by atoms with van der Waals surface area (Å²) in [5, 5.41) is 9.78. The van der Waals surface area contributed by atoms with Crippen molar-refractivity contribution in [2.45, 2.75) is 19.5 Å². The molecule has 3 rings (SSSR count). The third-order valence-electron chi connectivity index (χ3n) is 3.92. The molecule has 0 aliphatic heterocycles. The number of ether oxygens (including phenoxy) is 2. The number of methoxy groups -OCH3 is 1. The second kappa shape index (κ2) is 8.79. The van der Waals surface area contributed by atoms with Crippen LogP contribution in [0.3, 0.4) is 0 Å². The average molecular weight is 405 g/mol. The number of rotatable bonds is 8. The first-order valence-corrected chi connectivity index (χ1v) is 9.19. The van der Waals surface area contributed by atoms with Crippen molar-refractivity contribution < 1.29 is 28.2 Å². The Hall–Kier alpha value is -3.00. The average Bonchev–Trinajstić information content (AvgIpc) is 3.09. The van der Waals surface area contributed by atoms with E-state index in [2.05, 4.69) is 9.72 Å². The van der Waals surface area contributed by atoms with E-state index in [0.717, 1.165) is 15.8 Å². The lowest BCUT2D eigenvalue weighted by molar-refractivity contribution is -0.136. The van der Waals surface area contributed by atoms with E-state index in [1.165, 1.54) is 24.5 Å². The molecule has 0 fully saturated rings. The number of aliphatic carboxylic acids is 1. The summed E-state index contributed by atoms with van der Waals surface area (Å²) in [5.41, 5.74) is 2.24. The summed E-state index contributed by atoms with van der Waals surface area (Å²) in [7, 11) is 1.36. The van der Waals surface area contributed by atoms with Crippen LogP contribution in [0.1, 0.15) is 23.4 Å². The number of hydrogen-bond donors (Lipinski definition) is 1. The Morgan fingerprint density at radius 3 is 2.68 bits per heavy atom. The zero-order valence-electron chi connectivity index (χ0n) is 14.9. The number of aromatic nitrogens is 1. The predicted molar refractivity (Wildman–Crippen MR) is 104 cm³/mol. The molecule has 0 aliphatic rings. The molecule has 0 aliphatic carbocycles. The van der Waals surface area contributed by atoms with Crippen molar-refractivity contribution in [2.24, 2.45) is 0 Å². The van der Waals surface area contributed by atoms with Crippen molar-refractivity contribution in [1.29, 1.82) is 0 Å². The first-order valence-electron chi connectivity index (χ1n) is 8.37. The highest BCUT2D eigenvalue weighted by molar-refractivity contribution is 7.19. The zero-order chi connectivity index (χ0) is 20.1. The molecule has 0 unspecified atom stereocenters. The third kappa shape index (κ3) is 4.83. The number of halogens is 2. The second-order valence-electron chi connectivity index (χ2n) is 5.84. The monoisotopic (exact) mass is 405 g/mol. The van der Waals surface area contributed by atoms with Crippen LogP contribution in [0.4, 0.5) is 8.78 Å². The van der Waals surface area contributed by atoms with Crippen LogP contribution in [0.5, 0.6) is 11.5 Å². The van der Waals surface area contributed by atoms with Crippen molar-refractivity contribution in [1.82, 2.24) is 4.98 Å². The molecule has 28 heavy (non-hydrogen) atoms. The summed E-state index contributed by atoms with van der Waals surface area (Å²) in [6.07, 6.45) is 2.02. The molecule has 1 N–H and O–H groups in total. The largest absolute Gasteiger partial charge is 0.493 e. The van der Waals surface area contributed by atoms with E-state index in [0.29, 0.717) is 10.6 Å². The van der Waals surface area contributed by atoms with Gasteiger partial charge < -0.3 is 14.6 Å². The minimum atomic E-state index is -2.95. The summed E-state index contributed by atoms with van der Waals surface area (Å²) < 4.78 is 35.5. The number of nitrogens with zero attached hydrogens (tertiary/aromatic N) is 1. The Morgan fingerprint density at radius 1 is 1.21 bits per heavy atom. The smallest absolute Gasteiger partial charge is 0.387 e. The van der Waals surface area contributed by atoms with Gasteiger partial charge in [0, 0.05) is 6.42 Å². The fourth-order valence-electron chi connectivity index (χ4n) is 2.66. The van der Waals surface area contributed by atoms with Crippen molar-refractivity contribution in [3.05, 3.63) is 53.0 Å². The Kier molecular flexibility index (Phi) is 6.20. The van der Waals surface area contributed by atoms with E-state index in [1.54, 1.807) is 18.2 Å². The van der Waals surface area contributed by atoms with E-state index >= 15 is 0 Å². The molecule has 1 aromatic heterocycles. The molecule has 0 radical (unpaired) electrons. The van der Waals surface area contributed by atoms with Crippen LogP contribution in [0.25, 0.3) is 21.9 Å². The maximum atomic E-state index is 12.5. The highest BCUT2D eigenvalue weighted by atomic mass is 32.1. The quantitative estimate of drug-likeness (QED) is 0.550. The van der Waals surface area contributed by atoms with Crippen LogP contribution < -0.4 is 9.47 Å². The first-order chi connectivity index (χ1) is 13.5. The van der Waals surface area contributed by atoms with Gasteiger partial charge >= 0.3 is 12.6 Å². The number of para-hydroxylation sites is 1. The highest BCUT2D eigenvalue weighted by Gasteiger charge is 2.13. The maximum Gasteiger partial charge on any atom is 0.387 e. The number of carbonyl (C=O) groups is 1. The van der Waals surface area contributed by atoms with E-state index in [1.807, 2.05) is 24.3 Å². The van der Waals surface area contributed by atoms with Crippen LogP contribution in [0.15, 0.2) is 42.5 Å². The normalized spacial score (nSPS) is 11.8. The zero-order valence-corrected chi connectivity index (χ0v) is 15.7. The summed E-state index contributed by atoms with van der Waals surface area (Å²) >= 11 is 1.47. The van der Waals surface area contributed by atoms with Gasteiger partial charge in [-0.05, 0) is 47.9 Å². The molecular weight excluding hydrogens is 388 g/mol. The van der Waals surface area contributed by atoms with Gasteiger partial charge in [-0.15, -0.1) is 11.3 Å². The van der Waals surface area contributed by atoms with Crippen molar-refractivity contribution in [3.63, 3.8) is 0 Å². The van der Waals surface area contributed by atoms with Gasteiger partial charge in [0.05, 0.1) is 17.3 Å². The Balaban J connectivity index is 1.99. The minimum Gasteiger partial charge on any atom is -0.493 e. The predicted octanol–water partition coefficient (Wildman–Crippen LogP) is 5.31. The molecule has 5 nitrogen and oxygen atoms in total.